The fourth-order valence-electron chi connectivity index (χ4n) is 3.29. The predicted molar refractivity (Wildman–Crippen MR) is 125 cm³/mol. The number of hydrogen-bond donors (Lipinski definition) is 1. The molecule has 1 atom stereocenters. The molecule has 2 heterocycles. The third kappa shape index (κ3) is 5.56. The van der Waals surface area contributed by atoms with Gasteiger partial charge in [0.1, 0.15) is 17.6 Å². The fraction of sp³-hybridized carbons (Fsp3) is 0.292. The zero-order chi connectivity index (χ0) is 23.1. The molecule has 2 aromatic heterocycles. The summed E-state index contributed by atoms with van der Waals surface area (Å²) in [5.41, 5.74) is 3.18. The lowest BCUT2D eigenvalue weighted by Gasteiger charge is -2.28. The van der Waals surface area contributed by atoms with Crippen LogP contribution in [0.5, 0.6) is 0 Å². The van der Waals surface area contributed by atoms with E-state index in [0.29, 0.717) is 12.0 Å². The number of pyridine rings is 1. The highest BCUT2D eigenvalue weighted by Gasteiger charge is 2.28. The molecule has 32 heavy (non-hydrogen) atoms. The van der Waals surface area contributed by atoms with Crippen LogP contribution in [0.4, 0.5) is 0 Å². The Morgan fingerprint density at radius 3 is 2.56 bits per heavy atom. The zero-order valence-corrected chi connectivity index (χ0v) is 19.1. The minimum Gasteiger partial charge on any atom is -0.341 e. The number of amides is 2. The summed E-state index contributed by atoms with van der Waals surface area (Å²) in [5.74, 6) is -0.356. The van der Waals surface area contributed by atoms with Crippen LogP contribution in [0.25, 0.3) is 21.8 Å². The summed E-state index contributed by atoms with van der Waals surface area (Å²) in [6, 6.07) is 12.3. The van der Waals surface area contributed by atoms with E-state index in [-0.39, 0.29) is 24.3 Å². The molecule has 0 saturated heterocycles. The molecule has 0 aliphatic rings. The van der Waals surface area contributed by atoms with Gasteiger partial charge in [0.15, 0.2) is 0 Å². The topological polar surface area (TPSA) is 99.0 Å². The molecule has 0 spiro atoms. The molecule has 8 heteroatoms. The molecule has 3 rings (SSSR count). The first-order valence-corrected chi connectivity index (χ1v) is 11.2. The van der Waals surface area contributed by atoms with E-state index in [2.05, 4.69) is 15.3 Å². The second kappa shape index (κ2) is 10.6. The number of rotatable bonds is 8. The number of benzene rings is 1. The summed E-state index contributed by atoms with van der Waals surface area (Å²) in [6.45, 7) is 3.90. The van der Waals surface area contributed by atoms with Crippen molar-refractivity contribution in [3.05, 3.63) is 59.7 Å². The van der Waals surface area contributed by atoms with E-state index < -0.39 is 6.04 Å². The van der Waals surface area contributed by atoms with Gasteiger partial charge in [0.05, 0.1) is 11.8 Å². The second-order valence-corrected chi connectivity index (χ2v) is 8.65. The molecule has 0 unspecified atom stereocenters. The van der Waals surface area contributed by atoms with Crippen LogP contribution >= 0.6 is 11.3 Å². The molecule has 0 radical (unpaired) electrons. The first kappa shape index (κ1) is 23.1. The van der Waals surface area contributed by atoms with Crippen LogP contribution in [0.15, 0.2) is 54.2 Å². The number of thiazole rings is 1. The smallest absolute Gasteiger partial charge is 0.254 e. The maximum atomic E-state index is 13.0. The molecule has 3 aromatic rings. The number of aromatic nitrogens is 2. The normalized spacial score (nSPS) is 11.6. The summed E-state index contributed by atoms with van der Waals surface area (Å²) in [4.78, 5) is 35.8. The first-order valence-electron chi connectivity index (χ1n) is 10.3. The SMILES string of the molecule is CC(C)C[C@@H](C(=O)NCC#N)N(C)C(=O)c1ccc(-c2csc(-c3cccnc3)n2)cc1. The van der Waals surface area contributed by atoms with E-state index in [4.69, 9.17) is 5.26 Å². The molecular weight excluding hydrogens is 422 g/mol. The van der Waals surface area contributed by atoms with Crippen LogP contribution in [0.1, 0.15) is 30.6 Å². The third-order valence-electron chi connectivity index (χ3n) is 4.97. The van der Waals surface area contributed by atoms with Gasteiger partial charge >= 0.3 is 0 Å². The van der Waals surface area contributed by atoms with Crippen molar-refractivity contribution in [2.75, 3.05) is 13.6 Å². The van der Waals surface area contributed by atoms with Crippen molar-refractivity contribution in [1.29, 1.82) is 5.26 Å². The number of carbonyl (C=O) groups excluding carboxylic acids is 2. The summed E-state index contributed by atoms with van der Waals surface area (Å²) >= 11 is 1.54. The Kier molecular flexibility index (Phi) is 7.68. The van der Waals surface area contributed by atoms with Crippen molar-refractivity contribution < 1.29 is 9.59 Å². The van der Waals surface area contributed by atoms with Crippen molar-refractivity contribution in [2.45, 2.75) is 26.3 Å². The van der Waals surface area contributed by atoms with E-state index in [1.54, 1.807) is 31.6 Å². The maximum absolute atomic E-state index is 13.0. The Morgan fingerprint density at radius 1 is 1.19 bits per heavy atom. The summed E-state index contributed by atoms with van der Waals surface area (Å²) in [5, 5.41) is 14.2. The second-order valence-electron chi connectivity index (χ2n) is 7.79. The largest absolute Gasteiger partial charge is 0.341 e. The van der Waals surface area contributed by atoms with E-state index in [1.807, 2.05) is 49.6 Å². The maximum Gasteiger partial charge on any atom is 0.254 e. The van der Waals surface area contributed by atoms with E-state index >= 15 is 0 Å². The number of nitrogens with one attached hydrogen (secondary N) is 1. The van der Waals surface area contributed by atoms with Crippen LogP contribution in [0.3, 0.4) is 0 Å². The van der Waals surface area contributed by atoms with Gasteiger partial charge < -0.3 is 10.2 Å². The highest BCUT2D eigenvalue weighted by atomic mass is 32.1. The van der Waals surface area contributed by atoms with Gasteiger partial charge in [-0.3, -0.25) is 14.6 Å². The van der Waals surface area contributed by atoms with E-state index in [1.165, 1.54) is 16.2 Å². The van der Waals surface area contributed by atoms with Gasteiger partial charge in [-0.1, -0.05) is 26.0 Å². The molecule has 1 aromatic carbocycles. The van der Waals surface area contributed by atoms with Crippen molar-refractivity contribution in [1.82, 2.24) is 20.2 Å². The van der Waals surface area contributed by atoms with E-state index in [0.717, 1.165) is 21.8 Å². The fourth-order valence-corrected chi connectivity index (χ4v) is 4.11. The zero-order valence-electron chi connectivity index (χ0n) is 18.3. The lowest BCUT2D eigenvalue weighted by Crippen LogP contribution is -2.48. The van der Waals surface area contributed by atoms with Crippen molar-refractivity contribution in [2.24, 2.45) is 5.92 Å². The van der Waals surface area contributed by atoms with Crippen LogP contribution in [-0.4, -0.2) is 46.3 Å². The average Bonchev–Trinajstić information content (AvgIpc) is 3.31. The van der Waals surface area contributed by atoms with Gasteiger partial charge in [-0.2, -0.15) is 5.26 Å². The molecule has 2 amide bonds. The van der Waals surface area contributed by atoms with Gasteiger partial charge in [-0.05, 0) is 36.6 Å². The van der Waals surface area contributed by atoms with Gasteiger partial charge in [-0.25, -0.2) is 4.98 Å². The molecule has 1 N–H and O–H groups in total. The Hall–Kier alpha value is -3.57. The number of nitrogens with zero attached hydrogens (tertiary/aromatic N) is 4. The number of nitriles is 1. The first-order chi connectivity index (χ1) is 15.4. The van der Waals surface area contributed by atoms with Crippen LogP contribution in [-0.2, 0) is 4.79 Å². The molecule has 7 nitrogen and oxygen atoms in total. The number of likely N-dealkylation sites (N-methyl/N-ethyl adjacent to an activating group) is 1. The minimum absolute atomic E-state index is 0.0845. The standard InChI is InChI=1S/C24H25N5O2S/c1-16(2)13-21(22(30)27-12-10-25)29(3)24(31)18-8-6-17(7-9-18)20-15-32-23(28-20)19-5-4-11-26-14-19/h4-9,11,14-16,21H,12-13H2,1-3H3,(H,27,30)/t21-/m0/s1. The van der Waals surface area contributed by atoms with Crippen molar-refractivity contribution in [3.8, 4) is 27.9 Å². The Labute approximate surface area is 191 Å². The Balaban J connectivity index is 1.75. The molecule has 0 aliphatic heterocycles. The highest BCUT2D eigenvalue weighted by Crippen LogP contribution is 2.28. The molecule has 164 valence electrons. The molecule has 0 bridgehead atoms. The number of hydrogen-bond acceptors (Lipinski definition) is 6. The van der Waals surface area contributed by atoms with Gasteiger partial charge in [0.2, 0.25) is 5.91 Å². The van der Waals surface area contributed by atoms with E-state index in [9.17, 15) is 9.59 Å². The molecule has 0 fully saturated rings. The predicted octanol–water partition coefficient (Wildman–Crippen LogP) is 4.00. The van der Waals surface area contributed by atoms with Crippen molar-refractivity contribution >= 4 is 23.2 Å². The van der Waals surface area contributed by atoms with Gasteiger partial charge in [-0.15, -0.1) is 11.3 Å². The number of carbonyl (C=O) groups is 2. The van der Waals surface area contributed by atoms with Gasteiger partial charge in [0, 0.05) is 41.5 Å². The van der Waals surface area contributed by atoms with Crippen LogP contribution in [0, 0.1) is 17.2 Å². The lowest BCUT2D eigenvalue weighted by molar-refractivity contribution is -0.125. The molecular formula is C24H25N5O2S. The Bertz CT molecular complexity index is 1100. The lowest BCUT2D eigenvalue weighted by atomic mass is 10.0. The summed E-state index contributed by atoms with van der Waals surface area (Å²) < 4.78 is 0. The molecule has 0 saturated carbocycles. The minimum atomic E-state index is -0.642. The van der Waals surface area contributed by atoms with Crippen molar-refractivity contribution in [3.63, 3.8) is 0 Å². The Morgan fingerprint density at radius 2 is 1.94 bits per heavy atom. The average molecular weight is 448 g/mol. The summed E-state index contributed by atoms with van der Waals surface area (Å²) in [7, 11) is 1.62. The third-order valence-corrected chi connectivity index (χ3v) is 5.86. The highest BCUT2D eigenvalue weighted by molar-refractivity contribution is 7.13. The quantitative estimate of drug-likeness (QED) is 0.526. The van der Waals surface area contributed by atoms with Gasteiger partial charge in [0.25, 0.3) is 5.91 Å². The molecule has 0 aliphatic carbocycles. The van der Waals surface area contributed by atoms with Crippen LogP contribution in [0.2, 0.25) is 0 Å². The monoisotopic (exact) mass is 447 g/mol. The van der Waals surface area contributed by atoms with Crippen LogP contribution < -0.4 is 5.32 Å². The summed E-state index contributed by atoms with van der Waals surface area (Å²) in [6.07, 6.45) is 4.01.